The summed E-state index contributed by atoms with van der Waals surface area (Å²) in [6, 6.07) is 11.5. The highest BCUT2D eigenvalue weighted by Gasteiger charge is 2.34. The zero-order valence-electron chi connectivity index (χ0n) is 17.0. The number of aliphatic hydroxyl groups excluding tert-OH is 1. The molecule has 0 spiro atoms. The average molecular weight is 412 g/mol. The zero-order valence-corrected chi connectivity index (χ0v) is 17.0. The summed E-state index contributed by atoms with van der Waals surface area (Å²) in [5.41, 5.74) is 8.25. The fourth-order valence-electron chi connectivity index (χ4n) is 5.39. The maximum absolute atomic E-state index is 13.0. The van der Waals surface area contributed by atoms with E-state index in [1.165, 1.54) is 0 Å². The first-order valence-corrected chi connectivity index (χ1v) is 10.3. The maximum atomic E-state index is 13.0. The summed E-state index contributed by atoms with van der Waals surface area (Å²) in [5, 5.41) is 15.2. The second kappa shape index (κ2) is 6.43. The number of carbonyl (C=O) groups is 2. The highest BCUT2D eigenvalue weighted by atomic mass is 16.5. The molecule has 0 radical (unpaired) electrons. The molecule has 0 bridgehead atoms. The Kier molecular flexibility index (Phi) is 3.76. The quantitative estimate of drug-likeness (QED) is 0.504. The van der Waals surface area contributed by atoms with Crippen molar-refractivity contribution in [3.05, 3.63) is 64.2 Å². The normalized spacial score (nSPS) is 14.3. The van der Waals surface area contributed by atoms with Crippen molar-refractivity contribution in [3.8, 4) is 16.9 Å². The smallest absolute Gasteiger partial charge is 0.252 e. The van der Waals surface area contributed by atoms with E-state index in [2.05, 4.69) is 5.32 Å². The molecular formula is C25H20N2O4. The van der Waals surface area contributed by atoms with Crippen LogP contribution in [0, 0.1) is 0 Å². The van der Waals surface area contributed by atoms with E-state index in [-0.39, 0.29) is 12.6 Å². The number of benzene rings is 3. The number of amides is 1. The van der Waals surface area contributed by atoms with Crippen LogP contribution in [0.15, 0.2) is 36.4 Å². The van der Waals surface area contributed by atoms with Gasteiger partial charge in [-0.1, -0.05) is 6.07 Å². The van der Waals surface area contributed by atoms with Crippen molar-refractivity contribution in [2.24, 2.45) is 0 Å². The predicted molar refractivity (Wildman–Crippen MR) is 118 cm³/mol. The van der Waals surface area contributed by atoms with Crippen molar-refractivity contribution < 1.29 is 19.4 Å². The number of aliphatic hydroxyl groups is 1. The lowest BCUT2D eigenvalue weighted by molar-refractivity contribution is 0.0966. The SMILES string of the molecule is COc1ccc2c(c1)CCc1c-2c2c(c3c4cc(C=O)ccc4n(CO)c13)CNC2=O. The number of methoxy groups -OCH3 is 1. The first-order chi connectivity index (χ1) is 15.2. The van der Waals surface area contributed by atoms with Crippen LogP contribution >= 0.6 is 0 Å². The Morgan fingerprint density at radius 2 is 2.00 bits per heavy atom. The number of hydrogen-bond donors (Lipinski definition) is 2. The van der Waals surface area contributed by atoms with Crippen LogP contribution in [0.2, 0.25) is 0 Å². The molecule has 1 aliphatic heterocycles. The molecule has 2 heterocycles. The Morgan fingerprint density at radius 3 is 2.77 bits per heavy atom. The molecule has 0 saturated carbocycles. The number of aromatic nitrogens is 1. The van der Waals surface area contributed by atoms with Crippen molar-refractivity contribution >= 4 is 34.0 Å². The van der Waals surface area contributed by atoms with Gasteiger partial charge in [0.2, 0.25) is 0 Å². The number of rotatable bonds is 3. The van der Waals surface area contributed by atoms with Gasteiger partial charge < -0.3 is 19.7 Å². The van der Waals surface area contributed by atoms with Crippen molar-refractivity contribution in [1.29, 1.82) is 0 Å². The third-order valence-electron chi connectivity index (χ3n) is 6.69. The molecule has 4 aromatic rings. The highest BCUT2D eigenvalue weighted by molar-refractivity contribution is 6.20. The molecule has 1 amide bonds. The molecule has 154 valence electrons. The van der Waals surface area contributed by atoms with Crippen LogP contribution in [-0.2, 0) is 26.1 Å². The summed E-state index contributed by atoms with van der Waals surface area (Å²) in [7, 11) is 1.65. The number of carbonyl (C=O) groups excluding carboxylic acids is 2. The summed E-state index contributed by atoms with van der Waals surface area (Å²) in [4.78, 5) is 24.4. The van der Waals surface area contributed by atoms with Crippen LogP contribution in [0.25, 0.3) is 32.9 Å². The van der Waals surface area contributed by atoms with E-state index in [0.717, 1.165) is 74.5 Å². The second-order valence-corrected chi connectivity index (χ2v) is 8.10. The molecule has 1 aromatic heterocycles. The first kappa shape index (κ1) is 18.2. The highest BCUT2D eigenvalue weighted by Crippen LogP contribution is 2.47. The Balaban J connectivity index is 1.82. The molecule has 0 atom stereocenters. The molecule has 2 N–H and O–H groups in total. The van der Waals surface area contributed by atoms with Gasteiger partial charge >= 0.3 is 0 Å². The first-order valence-electron chi connectivity index (χ1n) is 10.3. The standard InChI is InChI=1S/C25H20N2O4/c1-31-15-4-6-16-14(9-15)3-5-17-21(16)23-19(10-26-25(23)30)22-18-8-13(11-28)2-7-20(18)27(12-29)24(17)22/h2,4,6-9,11,29H,3,5,10,12H2,1H3,(H,26,30). The summed E-state index contributed by atoms with van der Waals surface area (Å²) < 4.78 is 7.30. The molecule has 0 saturated heterocycles. The molecule has 1 aliphatic carbocycles. The third-order valence-corrected chi connectivity index (χ3v) is 6.69. The predicted octanol–water partition coefficient (Wildman–Crippen LogP) is 3.57. The van der Waals surface area contributed by atoms with E-state index in [1.807, 2.05) is 34.9 Å². The van der Waals surface area contributed by atoms with Crippen LogP contribution < -0.4 is 10.1 Å². The van der Waals surface area contributed by atoms with E-state index in [4.69, 9.17) is 4.74 Å². The third kappa shape index (κ3) is 2.31. The number of aryl methyl sites for hydroxylation is 2. The number of nitrogens with one attached hydrogen (secondary N) is 1. The number of hydrogen-bond acceptors (Lipinski definition) is 4. The number of aldehydes is 1. The van der Waals surface area contributed by atoms with Crippen LogP contribution in [-0.4, -0.2) is 29.0 Å². The van der Waals surface area contributed by atoms with Gasteiger partial charge in [0, 0.05) is 28.4 Å². The summed E-state index contributed by atoms with van der Waals surface area (Å²) in [5.74, 6) is 0.725. The molecule has 6 heteroatoms. The van der Waals surface area contributed by atoms with Gasteiger partial charge in [-0.25, -0.2) is 0 Å². The monoisotopic (exact) mass is 412 g/mol. The molecule has 6 rings (SSSR count). The van der Waals surface area contributed by atoms with Crippen LogP contribution in [0.4, 0.5) is 0 Å². The van der Waals surface area contributed by atoms with Gasteiger partial charge in [-0.15, -0.1) is 0 Å². The van der Waals surface area contributed by atoms with Gasteiger partial charge in [-0.3, -0.25) is 9.59 Å². The number of nitrogens with zero attached hydrogens (tertiary/aromatic N) is 1. The Bertz CT molecular complexity index is 1450. The topological polar surface area (TPSA) is 80.6 Å². The fraction of sp³-hybridized carbons (Fsp3) is 0.200. The van der Waals surface area contributed by atoms with Gasteiger partial charge in [0.15, 0.2) is 0 Å². The van der Waals surface area contributed by atoms with Gasteiger partial charge in [0.25, 0.3) is 5.91 Å². The van der Waals surface area contributed by atoms with Gasteiger partial charge in [-0.2, -0.15) is 0 Å². The molecular weight excluding hydrogens is 392 g/mol. The second-order valence-electron chi connectivity index (χ2n) is 8.10. The van der Waals surface area contributed by atoms with Crippen molar-refractivity contribution in [3.63, 3.8) is 0 Å². The molecule has 2 aliphatic rings. The largest absolute Gasteiger partial charge is 0.497 e. The summed E-state index contributed by atoms with van der Waals surface area (Å²) >= 11 is 0. The minimum atomic E-state index is -0.178. The molecule has 0 fully saturated rings. The Morgan fingerprint density at radius 1 is 1.13 bits per heavy atom. The van der Waals surface area contributed by atoms with Crippen LogP contribution in [0.5, 0.6) is 5.75 Å². The minimum Gasteiger partial charge on any atom is -0.497 e. The lowest BCUT2D eigenvalue weighted by Gasteiger charge is -2.24. The minimum absolute atomic E-state index is 0.0757. The van der Waals surface area contributed by atoms with E-state index in [0.29, 0.717) is 17.7 Å². The van der Waals surface area contributed by atoms with Crippen molar-refractivity contribution in [2.75, 3.05) is 7.11 Å². The van der Waals surface area contributed by atoms with Crippen molar-refractivity contribution in [1.82, 2.24) is 9.88 Å². The molecule has 3 aromatic carbocycles. The van der Waals surface area contributed by atoms with E-state index in [9.17, 15) is 14.7 Å². The van der Waals surface area contributed by atoms with Gasteiger partial charge in [0.05, 0.1) is 23.7 Å². The maximum Gasteiger partial charge on any atom is 0.252 e. The lowest BCUT2D eigenvalue weighted by Crippen LogP contribution is -2.15. The van der Waals surface area contributed by atoms with E-state index >= 15 is 0 Å². The summed E-state index contributed by atoms with van der Waals surface area (Å²) in [6.07, 6.45) is 2.40. The summed E-state index contributed by atoms with van der Waals surface area (Å²) in [6.45, 7) is 0.252. The van der Waals surface area contributed by atoms with Gasteiger partial charge in [-0.05, 0) is 65.4 Å². The Labute approximate surface area is 178 Å². The number of ether oxygens (including phenoxy) is 1. The van der Waals surface area contributed by atoms with Crippen LogP contribution in [0.3, 0.4) is 0 Å². The molecule has 0 unspecified atom stereocenters. The van der Waals surface area contributed by atoms with Crippen LogP contribution in [0.1, 0.15) is 37.4 Å². The van der Waals surface area contributed by atoms with E-state index in [1.54, 1.807) is 13.2 Å². The average Bonchev–Trinajstić information content (AvgIpc) is 3.35. The Hall–Kier alpha value is -3.64. The fourth-order valence-corrected chi connectivity index (χ4v) is 5.39. The number of fused-ring (bicyclic) bond motifs is 10. The lowest BCUT2D eigenvalue weighted by atomic mass is 9.80. The zero-order chi connectivity index (χ0) is 21.3. The molecule has 6 nitrogen and oxygen atoms in total. The van der Waals surface area contributed by atoms with Crippen molar-refractivity contribution in [2.45, 2.75) is 26.1 Å². The van der Waals surface area contributed by atoms with Gasteiger partial charge in [0.1, 0.15) is 18.8 Å². The molecule has 31 heavy (non-hydrogen) atoms. The van der Waals surface area contributed by atoms with E-state index < -0.39 is 0 Å².